The Balaban J connectivity index is 2.28. The molecule has 0 amide bonds. The van der Waals surface area contributed by atoms with Crippen LogP contribution in [0.4, 0.5) is 17.2 Å². The molecule has 21 heavy (non-hydrogen) atoms. The average Bonchev–Trinajstić information content (AvgIpc) is 2.87. The van der Waals surface area contributed by atoms with Crippen LogP contribution >= 0.6 is 0 Å². The maximum atomic E-state index is 10.7. The van der Waals surface area contributed by atoms with Gasteiger partial charge in [0.1, 0.15) is 6.33 Å². The quantitative estimate of drug-likeness (QED) is 0.441. The van der Waals surface area contributed by atoms with Crippen molar-refractivity contribution in [1.29, 1.82) is 0 Å². The number of aromatic nitrogens is 3. The number of anilines is 1. The summed E-state index contributed by atoms with van der Waals surface area (Å²) in [5.41, 5.74) is 8.01. The number of nitro benzene ring substituents is 1. The molecule has 3 aromatic rings. The third-order valence-electron chi connectivity index (χ3n) is 3.08. The summed E-state index contributed by atoms with van der Waals surface area (Å²) in [6, 6.07) is 5.94. The van der Waals surface area contributed by atoms with Crippen molar-refractivity contribution in [2.45, 2.75) is 0 Å². The molecule has 0 spiro atoms. The van der Waals surface area contributed by atoms with Crippen molar-refractivity contribution in [3.63, 3.8) is 0 Å². The second kappa shape index (κ2) is 4.57. The molecule has 0 aliphatic carbocycles. The Labute approximate surface area is 118 Å². The number of benzene rings is 1. The molecule has 2 N–H and O–H groups in total. The molecular formula is C13H8N6O2. The van der Waals surface area contributed by atoms with Crippen molar-refractivity contribution >= 4 is 22.7 Å². The van der Waals surface area contributed by atoms with Crippen molar-refractivity contribution in [1.82, 2.24) is 14.6 Å². The highest BCUT2D eigenvalue weighted by Gasteiger charge is 2.16. The van der Waals surface area contributed by atoms with E-state index in [1.165, 1.54) is 18.5 Å². The normalized spacial score (nSPS) is 10.4. The number of fused-ring (bicyclic) bond motifs is 1. The van der Waals surface area contributed by atoms with Crippen LogP contribution in [0.1, 0.15) is 0 Å². The van der Waals surface area contributed by atoms with E-state index in [-0.39, 0.29) is 11.5 Å². The van der Waals surface area contributed by atoms with E-state index in [1.807, 2.05) is 0 Å². The summed E-state index contributed by atoms with van der Waals surface area (Å²) in [6.45, 7) is 7.27. The molecule has 0 radical (unpaired) electrons. The lowest BCUT2D eigenvalue weighted by Gasteiger charge is -2.03. The van der Waals surface area contributed by atoms with Crippen molar-refractivity contribution in [3.05, 3.63) is 58.3 Å². The van der Waals surface area contributed by atoms with E-state index < -0.39 is 4.92 Å². The largest absolute Gasteiger partial charge is 0.380 e. The molecule has 1 aromatic carbocycles. The maximum Gasteiger partial charge on any atom is 0.269 e. The van der Waals surface area contributed by atoms with Crippen LogP contribution < -0.4 is 5.73 Å². The molecule has 0 saturated heterocycles. The first-order chi connectivity index (χ1) is 10.1. The topological polar surface area (TPSA) is 104 Å². The van der Waals surface area contributed by atoms with Crippen LogP contribution in [0.15, 0.2) is 36.8 Å². The van der Waals surface area contributed by atoms with E-state index in [2.05, 4.69) is 15.0 Å². The Kier molecular flexibility index (Phi) is 2.73. The molecular weight excluding hydrogens is 272 g/mol. The summed E-state index contributed by atoms with van der Waals surface area (Å²) in [5.74, 6) is 0.195. The zero-order chi connectivity index (χ0) is 15.0. The number of rotatable bonds is 2. The van der Waals surface area contributed by atoms with Gasteiger partial charge in [-0.05, 0) is 17.7 Å². The van der Waals surface area contributed by atoms with Gasteiger partial charge < -0.3 is 10.1 Å². The van der Waals surface area contributed by atoms with Gasteiger partial charge in [-0.3, -0.25) is 10.1 Å². The first kappa shape index (κ1) is 12.6. The van der Waals surface area contributed by atoms with Gasteiger partial charge in [-0.2, -0.15) is 0 Å². The Hall–Kier alpha value is -3.47. The zero-order valence-corrected chi connectivity index (χ0v) is 10.6. The molecule has 0 bridgehead atoms. The Bertz CT molecular complexity index is 891. The van der Waals surface area contributed by atoms with Crippen molar-refractivity contribution in [3.8, 4) is 11.1 Å². The van der Waals surface area contributed by atoms with Gasteiger partial charge in [0.05, 0.1) is 17.0 Å². The van der Waals surface area contributed by atoms with Gasteiger partial charge in [-0.25, -0.2) is 4.85 Å². The fourth-order valence-electron chi connectivity index (χ4n) is 2.17. The van der Waals surface area contributed by atoms with E-state index in [0.29, 0.717) is 22.3 Å². The highest BCUT2D eigenvalue weighted by atomic mass is 16.6. The molecule has 0 aliphatic heterocycles. The maximum absolute atomic E-state index is 10.7. The van der Waals surface area contributed by atoms with Crippen LogP contribution in [0, 0.1) is 16.7 Å². The zero-order valence-electron chi connectivity index (χ0n) is 10.6. The van der Waals surface area contributed by atoms with Crippen LogP contribution in [0.3, 0.4) is 0 Å². The van der Waals surface area contributed by atoms with Crippen molar-refractivity contribution in [2.75, 3.05) is 5.73 Å². The first-order valence-electron chi connectivity index (χ1n) is 5.86. The second-order valence-electron chi connectivity index (χ2n) is 4.28. The minimum Gasteiger partial charge on any atom is -0.380 e. The second-order valence-corrected chi connectivity index (χ2v) is 4.28. The summed E-state index contributed by atoms with van der Waals surface area (Å²) < 4.78 is 1.62. The molecule has 2 aromatic heterocycles. The molecule has 8 heteroatoms. The van der Waals surface area contributed by atoms with Gasteiger partial charge in [0.2, 0.25) is 5.69 Å². The van der Waals surface area contributed by atoms with Crippen LogP contribution in [0.5, 0.6) is 0 Å². The predicted octanol–water partition coefficient (Wildman–Crippen LogP) is 2.44. The number of nitro groups is 1. The van der Waals surface area contributed by atoms with Crippen molar-refractivity contribution < 1.29 is 4.92 Å². The van der Waals surface area contributed by atoms with Crippen molar-refractivity contribution in [2.24, 2.45) is 0 Å². The molecule has 0 unspecified atom stereocenters. The third-order valence-corrected chi connectivity index (χ3v) is 3.08. The van der Waals surface area contributed by atoms with Crippen LogP contribution in [0.2, 0.25) is 0 Å². The SMILES string of the molecule is [C-]#[N+]c1cn2cnnc(N)c2c1-c1ccc([N+](=O)[O-])cc1. The number of nitrogens with zero attached hydrogens (tertiary/aromatic N) is 5. The minimum atomic E-state index is -0.475. The number of hydrogen-bond donors (Lipinski definition) is 1. The minimum absolute atomic E-state index is 0.0145. The van der Waals surface area contributed by atoms with Gasteiger partial charge in [0, 0.05) is 23.9 Å². The molecule has 8 nitrogen and oxygen atoms in total. The molecule has 0 atom stereocenters. The predicted molar refractivity (Wildman–Crippen MR) is 75.8 cm³/mol. The van der Waals surface area contributed by atoms with Crippen LogP contribution in [-0.4, -0.2) is 19.5 Å². The molecule has 0 saturated carbocycles. The van der Waals surface area contributed by atoms with Gasteiger partial charge in [-0.15, -0.1) is 10.2 Å². The highest BCUT2D eigenvalue weighted by Crippen LogP contribution is 2.38. The van der Waals surface area contributed by atoms with Gasteiger partial charge in [0.25, 0.3) is 5.69 Å². The summed E-state index contributed by atoms with van der Waals surface area (Å²) in [7, 11) is 0. The number of nitrogen functional groups attached to an aromatic ring is 1. The monoisotopic (exact) mass is 280 g/mol. The van der Waals surface area contributed by atoms with E-state index in [1.54, 1.807) is 22.7 Å². The summed E-state index contributed by atoms with van der Waals surface area (Å²) in [5, 5.41) is 18.2. The molecule has 2 heterocycles. The molecule has 102 valence electrons. The fourth-order valence-corrected chi connectivity index (χ4v) is 2.17. The molecule has 0 fully saturated rings. The summed E-state index contributed by atoms with van der Waals surface area (Å²) in [6.07, 6.45) is 3.05. The molecule has 0 aliphatic rings. The van der Waals surface area contributed by atoms with Crippen LogP contribution in [0.25, 0.3) is 21.5 Å². The first-order valence-corrected chi connectivity index (χ1v) is 5.86. The van der Waals surface area contributed by atoms with E-state index in [9.17, 15) is 10.1 Å². The third kappa shape index (κ3) is 1.93. The number of hydrogen-bond acceptors (Lipinski definition) is 5. The highest BCUT2D eigenvalue weighted by molar-refractivity contribution is 5.96. The summed E-state index contributed by atoms with van der Waals surface area (Å²) >= 11 is 0. The Morgan fingerprint density at radius 2 is 2.05 bits per heavy atom. The smallest absolute Gasteiger partial charge is 0.269 e. The Morgan fingerprint density at radius 3 is 2.67 bits per heavy atom. The van der Waals surface area contributed by atoms with E-state index in [4.69, 9.17) is 12.3 Å². The van der Waals surface area contributed by atoms with Crippen LogP contribution in [-0.2, 0) is 0 Å². The van der Waals surface area contributed by atoms with Gasteiger partial charge >= 0.3 is 0 Å². The lowest BCUT2D eigenvalue weighted by molar-refractivity contribution is -0.384. The lowest BCUT2D eigenvalue weighted by atomic mass is 10.1. The lowest BCUT2D eigenvalue weighted by Crippen LogP contribution is -1.98. The molecule has 3 rings (SSSR count). The average molecular weight is 280 g/mol. The standard InChI is InChI=1S/C13H8N6O2/c1-15-10-6-18-7-16-17-13(14)12(18)11(10)8-2-4-9(5-3-8)19(20)21/h2-7H,(H2,14,17). The van der Waals surface area contributed by atoms with Gasteiger partial charge in [-0.1, -0.05) is 0 Å². The fraction of sp³-hybridized carbons (Fsp3) is 0. The Morgan fingerprint density at radius 1 is 1.33 bits per heavy atom. The van der Waals surface area contributed by atoms with E-state index in [0.717, 1.165) is 0 Å². The van der Waals surface area contributed by atoms with E-state index >= 15 is 0 Å². The number of nitrogens with two attached hydrogens (primary N) is 1. The summed E-state index contributed by atoms with van der Waals surface area (Å²) in [4.78, 5) is 13.7. The van der Waals surface area contributed by atoms with Gasteiger partial charge in [0.15, 0.2) is 5.82 Å². The number of non-ortho nitro benzene ring substituents is 1.